The van der Waals surface area contributed by atoms with E-state index in [0.717, 1.165) is 33.7 Å². The monoisotopic (exact) mass is 358 g/mol. The third-order valence-electron chi connectivity index (χ3n) is 4.39. The molecule has 4 heteroatoms. The summed E-state index contributed by atoms with van der Waals surface area (Å²) in [6.45, 7) is 4.75. The van der Waals surface area contributed by atoms with Crippen LogP contribution in [0.5, 0.6) is 5.75 Å². The Labute approximate surface area is 157 Å². The molecule has 0 bridgehead atoms. The molecule has 0 aliphatic carbocycles. The highest BCUT2D eigenvalue weighted by atomic mass is 19.1. The van der Waals surface area contributed by atoms with Crippen LogP contribution in [0.1, 0.15) is 5.56 Å². The SMILES string of the molecule is C=CCOc1ccc(-c2nc3ccccc3n2Cc2ccc(F)cc2)cc1. The number of halogens is 1. The van der Waals surface area contributed by atoms with E-state index in [2.05, 4.69) is 17.2 Å². The van der Waals surface area contributed by atoms with E-state index in [1.807, 2.05) is 42.5 Å². The van der Waals surface area contributed by atoms with Gasteiger partial charge in [0.25, 0.3) is 0 Å². The van der Waals surface area contributed by atoms with Crippen LogP contribution in [-0.2, 0) is 6.54 Å². The molecule has 0 aliphatic rings. The molecule has 0 atom stereocenters. The minimum Gasteiger partial charge on any atom is -0.490 e. The number of benzene rings is 3. The van der Waals surface area contributed by atoms with Crippen molar-refractivity contribution in [1.82, 2.24) is 9.55 Å². The fraction of sp³-hybridized carbons (Fsp3) is 0.0870. The van der Waals surface area contributed by atoms with Crippen LogP contribution in [0.4, 0.5) is 4.39 Å². The van der Waals surface area contributed by atoms with E-state index in [4.69, 9.17) is 9.72 Å². The van der Waals surface area contributed by atoms with Crippen molar-refractivity contribution in [2.45, 2.75) is 6.54 Å². The predicted octanol–water partition coefficient (Wildman–Crippen LogP) is 5.46. The average Bonchev–Trinajstić information content (AvgIpc) is 3.07. The van der Waals surface area contributed by atoms with Crippen LogP contribution in [0, 0.1) is 5.82 Å². The van der Waals surface area contributed by atoms with Gasteiger partial charge in [0, 0.05) is 12.1 Å². The highest BCUT2D eigenvalue weighted by Crippen LogP contribution is 2.27. The minimum absolute atomic E-state index is 0.232. The molecule has 0 radical (unpaired) electrons. The summed E-state index contributed by atoms with van der Waals surface area (Å²) in [4.78, 5) is 4.82. The molecule has 27 heavy (non-hydrogen) atoms. The summed E-state index contributed by atoms with van der Waals surface area (Å²) in [6.07, 6.45) is 1.72. The second kappa shape index (κ2) is 7.46. The van der Waals surface area contributed by atoms with Gasteiger partial charge < -0.3 is 9.30 Å². The van der Waals surface area contributed by atoms with Crippen LogP contribution in [0.15, 0.2) is 85.5 Å². The van der Waals surface area contributed by atoms with E-state index < -0.39 is 0 Å². The zero-order valence-corrected chi connectivity index (χ0v) is 14.8. The van der Waals surface area contributed by atoms with E-state index in [9.17, 15) is 4.39 Å². The maximum atomic E-state index is 13.3. The summed E-state index contributed by atoms with van der Waals surface area (Å²) >= 11 is 0. The topological polar surface area (TPSA) is 27.1 Å². The molecule has 0 saturated carbocycles. The Balaban J connectivity index is 1.75. The molecule has 0 N–H and O–H groups in total. The van der Waals surface area contributed by atoms with Gasteiger partial charge in [-0.15, -0.1) is 0 Å². The van der Waals surface area contributed by atoms with Crippen molar-refractivity contribution in [3.8, 4) is 17.1 Å². The Morgan fingerprint density at radius 1 is 0.963 bits per heavy atom. The first-order chi connectivity index (χ1) is 13.2. The normalized spacial score (nSPS) is 10.9. The quantitative estimate of drug-likeness (QED) is 0.428. The van der Waals surface area contributed by atoms with Gasteiger partial charge in [0.1, 0.15) is 24.0 Å². The molecular weight excluding hydrogens is 339 g/mol. The number of aromatic nitrogens is 2. The Morgan fingerprint density at radius 3 is 2.44 bits per heavy atom. The van der Waals surface area contributed by atoms with E-state index in [0.29, 0.717) is 13.2 Å². The molecule has 4 aromatic rings. The lowest BCUT2D eigenvalue weighted by molar-refractivity contribution is 0.363. The predicted molar refractivity (Wildman–Crippen MR) is 106 cm³/mol. The third-order valence-corrected chi connectivity index (χ3v) is 4.39. The van der Waals surface area contributed by atoms with E-state index in [1.54, 1.807) is 18.2 Å². The molecule has 1 aromatic heterocycles. The van der Waals surface area contributed by atoms with Gasteiger partial charge in [0.05, 0.1) is 11.0 Å². The highest BCUT2D eigenvalue weighted by molar-refractivity contribution is 5.80. The Morgan fingerprint density at radius 2 is 1.70 bits per heavy atom. The van der Waals surface area contributed by atoms with Crippen molar-refractivity contribution in [2.75, 3.05) is 6.61 Å². The second-order valence-corrected chi connectivity index (χ2v) is 6.26. The van der Waals surface area contributed by atoms with Crippen molar-refractivity contribution in [3.05, 3.63) is 96.8 Å². The number of nitrogens with zero attached hydrogens (tertiary/aromatic N) is 2. The fourth-order valence-corrected chi connectivity index (χ4v) is 3.08. The smallest absolute Gasteiger partial charge is 0.141 e. The van der Waals surface area contributed by atoms with Gasteiger partial charge in [0.15, 0.2) is 0 Å². The van der Waals surface area contributed by atoms with E-state index in [1.165, 1.54) is 12.1 Å². The van der Waals surface area contributed by atoms with E-state index >= 15 is 0 Å². The van der Waals surface area contributed by atoms with Crippen molar-refractivity contribution in [1.29, 1.82) is 0 Å². The number of hydrogen-bond acceptors (Lipinski definition) is 2. The van der Waals surface area contributed by atoms with Gasteiger partial charge in [-0.2, -0.15) is 0 Å². The van der Waals surface area contributed by atoms with Crippen LogP contribution in [0.3, 0.4) is 0 Å². The number of fused-ring (bicyclic) bond motifs is 1. The van der Waals surface area contributed by atoms with Crippen molar-refractivity contribution < 1.29 is 9.13 Å². The van der Waals surface area contributed by atoms with Gasteiger partial charge in [-0.3, -0.25) is 0 Å². The van der Waals surface area contributed by atoms with Crippen molar-refractivity contribution >= 4 is 11.0 Å². The zero-order chi connectivity index (χ0) is 18.6. The maximum Gasteiger partial charge on any atom is 0.141 e. The molecular formula is C23H19FN2O. The summed E-state index contributed by atoms with van der Waals surface area (Å²) < 4.78 is 21.0. The Hall–Kier alpha value is -3.40. The van der Waals surface area contributed by atoms with Crippen molar-refractivity contribution in [3.63, 3.8) is 0 Å². The lowest BCUT2D eigenvalue weighted by Crippen LogP contribution is -2.02. The molecule has 0 spiro atoms. The number of imidazole rings is 1. The van der Waals surface area contributed by atoms with Crippen molar-refractivity contribution in [2.24, 2.45) is 0 Å². The van der Waals surface area contributed by atoms with Gasteiger partial charge in [-0.05, 0) is 54.1 Å². The molecule has 1 heterocycles. The molecule has 3 nitrogen and oxygen atoms in total. The van der Waals surface area contributed by atoms with Gasteiger partial charge >= 0.3 is 0 Å². The highest BCUT2D eigenvalue weighted by Gasteiger charge is 2.13. The zero-order valence-electron chi connectivity index (χ0n) is 14.8. The summed E-state index contributed by atoms with van der Waals surface area (Å²) in [5, 5.41) is 0. The summed E-state index contributed by atoms with van der Waals surface area (Å²) in [5.74, 6) is 1.43. The molecule has 134 valence electrons. The maximum absolute atomic E-state index is 13.3. The Bertz CT molecular complexity index is 1070. The lowest BCUT2D eigenvalue weighted by atomic mass is 10.2. The number of para-hydroxylation sites is 2. The summed E-state index contributed by atoms with van der Waals surface area (Å²) in [6, 6.07) is 22.5. The second-order valence-electron chi connectivity index (χ2n) is 6.26. The fourth-order valence-electron chi connectivity index (χ4n) is 3.08. The largest absolute Gasteiger partial charge is 0.490 e. The van der Waals surface area contributed by atoms with Gasteiger partial charge in [0.2, 0.25) is 0 Å². The van der Waals surface area contributed by atoms with Crippen LogP contribution < -0.4 is 4.74 Å². The van der Waals surface area contributed by atoms with Crippen LogP contribution in [-0.4, -0.2) is 16.2 Å². The standard InChI is InChI=1S/C23H19FN2O/c1-2-15-27-20-13-9-18(10-14-20)23-25-21-5-3-4-6-22(21)26(23)16-17-7-11-19(24)12-8-17/h2-14H,1,15-16H2. The molecule has 0 aliphatic heterocycles. The van der Waals surface area contributed by atoms with Crippen LogP contribution >= 0.6 is 0 Å². The van der Waals surface area contributed by atoms with E-state index in [-0.39, 0.29) is 5.82 Å². The number of rotatable bonds is 6. The Kier molecular flexibility index (Phi) is 4.71. The third kappa shape index (κ3) is 3.60. The molecule has 0 amide bonds. The number of ether oxygens (including phenoxy) is 1. The summed E-state index contributed by atoms with van der Waals surface area (Å²) in [7, 11) is 0. The van der Waals surface area contributed by atoms with Gasteiger partial charge in [-0.1, -0.05) is 36.9 Å². The molecule has 0 saturated heterocycles. The first kappa shape index (κ1) is 17.0. The van der Waals surface area contributed by atoms with Crippen LogP contribution in [0.25, 0.3) is 22.4 Å². The number of hydrogen-bond donors (Lipinski definition) is 0. The first-order valence-corrected chi connectivity index (χ1v) is 8.78. The average molecular weight is 358 g/mol. The van der Waals surface area contributed by atoms with Gasteiger partial charge in [-0.25, -0.2) is 9.37 Å². The molecule has 0 fully saturated rings. The molecule has 0 unspecified atom stereocenters. The van der Waals surface area contributed by atoms with Crippen LogP contribution in [0.2, 0.25) is 0 Å². The summed E-state index contributed by atoms with van der Waals surface area (Å²) in [5.41, 5.74) is 4.00. The molecule has 4 rings (SSSR count). The first-order valence-electron chi connectivity index (χ1n) is 8.78. The molecule has 3 aromatic carbocycles. The minimum atomic E-state index is -0.232. The lowest BCUT2D eigenvalue weighted by Gasteiger charge is -2.10.